The molecule has 0 amide bonds. The number of hydrogen-bond donors (Lipinski definition) is 0. The molecule has 0 saturated heterocycles. The first kappa shape index (κ1) is 11.5. The number of rotatable bonds is 4. The molecule has 1 nitrogen and oxygen atoms in total. The number of hydrogen-bond acceptors (Lipinski definition) is 1. The van der Waals surface area contributed by atoms with Gasteiger partial charge in [0.1, 0.15) is 6.61 Å². The summed E-state index contributed by atoms with van der Waals surface area (Å²) in [6.07, 6.45) is 3.49. The normalized spacial score (nSPS) is 10.8. The summed E-state index contributed by atoms with van der Waals surface area (Å²) in [5.74, 6) is 0.302. The molecule has 76 valence electrons. The number of benzene rings is 1. The van der Waals surface area contributed by atoms with E-state index in [0.717, 1.165) is 4.47 Å². The van der Waals surface area contributed by atoms with Gasteiger partial charge in [0.05, 0.1) is 0 Å². The summed E-state index contributed by atoms with van der Waals surface area (Å²) in [5, 5.41) is 0. The molecule has 0 atom stereocenters. The lowest BCUT2D eigenvalue weighted by Crippen LogP contribution is -1.95. The Morgan fingerprint density at radius 2 is 2.21 bits per heavy atom. The molecule has 0 spiro atoms. The minimum atomic E-state index is -0.368. The van der Waals surface area contributed by atoms with Crippen molar-refractivity contribution in [2.24, 2.45) is 0 Å². The Kier molecular flexibility index (Phi) is 4.98. The zero-order valence-corrected chi connectivity index (χ0v) is 9.69. The van der Waals surface area contributed by atoms with Crippen LogP contribution in [0.25, 0.3) is 0 Å². The summed E-state index contributed by atoms with van der Waals surface area (Å²) in [6, 6.07) is 4.56. The van der Waals surface area contributed by atoms with Gasteiger partial charge in [0.15, 0.2) is 11.6 Å². The van der Waals surface area contributed by atoms with Gasteiger partial charge < -0.3 is 4.74 Å². The van der Waals surface area contributed by atoms with Gasteiger partial charge in [0, 0.05) is 10.4 Å². The monoisotopic (exact) mass is 278 g/mol. The number of alkyl halides is 1. The molecule has 0 N–H and O–H groups in total. The second-order valence-electron chi connectivity index (χ2n) is 2.51. The molecule has 0 heterocycles. The molecular weight excluding hydrogens is 270 g/mol. The second-order valence-corrected chi connectivity index (χ2v) is 3.74. The fourth-order valence-corrected chi connectivity index (χ4v) is 1.32. The highest BCUT2D eigenvalue weighted by Crippen LogP contribution is 2.21. The van der Waals surface area contributed by atoms with Gasteiger partial charge in [-0.05, 0) is 18.2 Å². The second kappa shape index (κ2) is 6.04. The van der Waals surface area contributed by atoms with Gasteiger partial charge in [-0.3, -0.25) is 0 Å². The average molecular weight is 280 g/mol. The maximum Gasteiger partial charge on any atom is 0.165 e. The molecule has 0 radical (unpaired) electrons. The van der Waals surface area contributed by atoms with Gasteiger partial charge in [-0.1, -0.05) is 28.1 Å². The summed E-state index contributed by atoms with van der Waals surface area (Å²) in [4.78, 5) is 0. The number of halogens is 3. The van der Waals surface area contributed by atoms with E-state index < -0.39 is 0 Å². The van der Waals surface area contributed by atoms with E-state index in [4.69, 9.17) is 16.3 Å². The number of allylic oxidation sites excluding steroid dienone is 1. The first-order valence-electron chi connectivity index (χ1n) is 4.03. The van der Waals surface area contributed by atoms with E-state index in [0.29, 0.717) is 12.5 Å². The van der Waals surface area contributed by atoms with E-state index in [1.54, 1.807) is 24.3 Å². The van der Waals surface area contributed by atoms with E-state index >= 15 is 0 Å². The summed E-state index contributed by atoms with van der Waals surface area (Å²) in [7, 11) is 0. The van der Waals surface area contributed by atoms with Crippen LogP contribution in [0.2, 0.25) is 0 Å². The van der Waals surface area contributed by atoms with Gasteiger partial charge in [0.2, 0.25) is 0 Å². The van der Waals surface area contributed by atoms with Crippen LogP contribution in [0.3, 0.4) is 0 Å². The lowest BCUT2D eigenvalue weighted by atomic mass is 10.3. The van der Waals surface area contributed by atoms with Gasteiger partial charge >= 0.3 is 0 Å². The van der Waals surface area contributed by atoms with Crippen LogP contribution in [-0.4, -0.2) is 12.5 Å². The predicted molar refractivity (Wildman–Crippen MR) is 59.5 cm³/mol. The molecule has 14 heavy (non-hydrogen) atoms. The Morgan fingerprint density at radius 3 is 2.93 bits per heavy atom. The minimum absolute atomic E-state index is 0.235. The maximum atomic E-state index is 13.1. The molecule has 4 heteroatoms. The largest absolute Gasteiger partial charge is 0.486 e. The zero-order valence-electron chi connectivity index (χ0n) is 7.34. The molecule has 0 aromatic heterocycles. The van der Waals surface area contributed by atoms with E-state index in [1.807, 2.05) is 0 Å². The molecule has 0 aliphatic heterocycles. The molecule has 1 aromatic carbocycles. The van der Waals surface area contributed by atoms with E-state index in [1.165, 1.54) is 6.07 Å². The van der Waals surface area contributed by atoms with Crippen LogP contribution in [0.15, 0.2) is 34.8 Å². The molecular formula is C10H9BrClFO. The Hall–Kier alpha value is -0.540. The smallest absolute Gasteiger partial charge is 0.165 e. The summed E-state index contributed by atoms with van der Waals surface area (Å²) in [5.41, 5.74) is 0. The average Bonchev–Trinajstić information content (AvgIpc) is 2.18. The Morgan fingerprint density at radius 1 is 1.43 bits per heavy atom. The third kappa shape index (κ3) is 3.68. The van der Waals surface area contributed by atoms with Gasteiger partial charge in [0.25, 0.3) is 0 Å². The topological polar surface area (TPSA) is 9.23 Å². The first-order valence-corrected chi connectivity index (χ1v) is 5.35. The standard InChI is InChI=1S/C10H9BrClFO/c11-8-3-4-9(13)10(7-8)14-6-2-1-5-12/h1-4,7H,5-6H2/b2-1+. The van der Waals surface area contributed by atoms with Crippen molar-refractivity contribution in [1.82, 2.24) is 0 Å². The van der Waals surface area contributed by atoms with E-state index in [9.17, 15) is 4.39 Å². The maximum absolute atomic E-state index is 13.1. The van der Waals surface area contributed by atoms with E-state index in [2.05, 4.69) is 15.9 Å². The van der Waals surface area contributed by atoms with Gasteiger partial charge in [-0.15, -0.1) is 11.6 Å². The van der Waals surface area contributed by atoms with Crippen molar-refractivity contribution >= 4 is 27.5 Å². The first-order chi connectivity index (χ1) is 6.74. The highest BCUT2D eigenvalue weighted by Gasteiger charge is 2.02. The van der Waals surface area contributed by atoms with E-state index in [-0.39, 0.29) is 11.6 Å². The quantitative estimate of drug-likeness (QED) is 0.602. The highest BCUT2D eigenvalue weighted by molar-refractivity contribution is 9.10. The summed E-state index contributed by atoms with van der Waals surface area (Å²) in [6.45, 7) is 0.320. The van der Waals surface area contributed by atoms with Crippen LogP contribution in [0, 0.1) is 5.82 Å². The van der Waals surface area contributed by atoms with Crippen molar-refractivity contribution in [2.45, 2.75) is 0 Å². The molecule has 0 aliphatic carbocycles. The predicted octanol–water partition coefficient (Wildman–Crippen LogP) is 3.76. The van der Waals surface area contributed by atoms with Crippen LogP contribution < -0.4 is 4.74 Å². The SMILES string of the molecule is Fc1ccc(Br)cc1OC/C=C/CCl. The van der Waals surface area contributed by atoms with Crippen LogP contribution in [0.5, 0.6) is 5.75 Å². The summed E-state index contributed by atoms with van der Waals surface area (Å²) >= 11 is 8.65. The Bertz CT molecular complexity index is 328. The molecule has 1 rings (SSSR count). The molecule has 0 fully saturated rings. The van der Waals surface area contributed by atoms with Crippen LogP contribution in [0.1, 0.15) is 0 Å². The lowest BCUT2D eigenvalue weighted by molar-refractivity contribution is 0.341. The van der Waals surface area contributed by atoms with Crippen LogP contribution in [-0.2, 0) is 0 Å². The van der Waals surface area contributed by atoms with Crippen molar-refractivity contribution in [1.29, 1.82) is 0 Å². The van der Waals surface area contributed by atoms with Crippen molar-refractivity contribution in [3.63, 3.8) is 0 Å². The zero-order chi connectivity index (χ0) is 10.4. The summed E-state index contributed by atoms with van der Waals surface area (Å²) < 4.78 is 19.0. The molecule has 0 bridgehead atoms. The third-order valence-corrected chi connectivity index (χ3v) is 2.16. The molecule has 0 unspecified atom stereocenters. The molecule has 0 aliphatic rings. The van der Waals surface area contributed by atoms with Crippen molar-refractivity contribution in [3.05, 3.63) is 40.6 Å². The molecule has 1 aromatic rings. The lowest BCUT2D eigenvalue weighted by Gasteiger charge is -2.04. The van der Waals surface area contributed by atoms with Gasteiger partial charge in [-0.25, -0.2) is 4.39 Å². The van der Waals surface area contributed by atoms with Crippen molar-refractivity contribution in [2.75, 3.05) is 12.5 Å². The van der Waals surface area contributed by atoms with Crippen molar-refractivity contribution in [3.8, 4) is 5.75 Å². The van der Waals surface area contributed by atoms with Crippen molar-refractivity contribution < 1.29 is 9.13 Å². The van der Waals surface area contributed by atoms with Gasteiger partial charge in [-0.2, -0.15) is 0 Å². The fourth-order valence-electron chi connectivity index (χ4n) is 0.857. The van der Waals surface area contributed by atoms with Crippen LogP contribution >= 0.6 is 27.5 Å². The molecule has 0 saturated carbocycles. The Labute approximate surface area is 95.7 Å². The fraction of sp³-hybridized carbons (Fsp3) is 0.200. The minimum Gasteiger partial charge on any atom is -0.486 e. The third-order valence-electron chi connectivity index (χ3n) is 1.48. The highest BCUT2D eigenvalue weighted by atomic mass is 79.9. The number of ether oxygens (including phenoxy) is 1. The Balaban J connectivity index is 2.57. The van der Waals surface area contributed by atoms with Crippen LogP contribution in [0.4, 0.5) is 4.39 Å².